The van der Waals surface area contributed by atoms with Crippen molar-refractivity contribution in [3.05, 3.63) is 54.1 Å². The molecule has 0 amide bonds. The predicted molar refractivity (Wildman–Crippen MR) is 84.8 cm³/mol. The molecule has 4 heteroatoms. The lowest BCUT2D eigenvalue weighted by Crippen LogP contribution is -2.39. The fourth-order valence-corrected chi connectivity index (χ4v) is 4.89. The first-order valence-electron chi connectivity index (χ1n) is 7.79. The standard InChI is InChI=1S/C20H12N4/c21-9-19(10-22)16-7-6-14-15(13-4-2-1-3-5-13)8-17(18(14)16)20(19,11-23)12-24/h1-8,14,16-18H/t14-,16-,17+,18-/m1/s1. The van der Waals surface area contributed by atoms with Gasteiger partial charge in [0.2, 0.25) is 0 Å². The molecule has 0 unspecified atom stereocenters. The molecule has 0 radical (unpaired) electrons. The highest BCUT2D eigenvalue weighted by molar-refractivity contribution is 5.74. The summed E-state index contributed by atoms with van der Waals surface area (Å²) in [6.45, 7) is 0. The Balaban J connectivity index is 1.96. The average molecular weight is 308 g/mol. The lowest BCUT2D eigenvalue weighted by molar-refractivity contribution is 0.291. The number of nitrogens with zero attached hydrogens (tertiary/aromatic N) is 4. The second-order valence-electron chi connectivity index (χ2n) is 6.59. The Kier molecular flexibility index (Phi) is 2.72. The van der Waals surface area contributed by atoms with E-state index in [1.165, 1.54) is 0 Å². The van der Waals surface area contributed by atoms with E-state index in [0.717, 1.165) is 11.1 Å². The molecule has 0 aliphatic heterocycles. The smallest absolute Gasteiger partial charge is 0.182 e. The molecule has 4 rings (SSSR count). The van der Waals surface area contributed by atoms with Gasteiger partial charge >= 0.3 is 0 Å². The summed E-state index contributed by atoms with van der Waals surface area (Å²) in [6, 6.07) is 18.1. The van der Waals surface area contributed by atoms with Crippen LogP contribution in [0.1, 0.15) is 5.56 Å². The molecule has 4 nitrogen and oxygen atoms in total. The van der Waals surface area contributed by atoms with Crippen LogP contribution in [0.3, 0.4) is 0 Å². The van der Waals surface area contributed by atoms with Gasteiger partial charge in [0, 0.05) is 17.8 Å². The van der Waals surface area contributed by atoms with E-state index in [0.29, 0.717) is 0 Å². The van der Waals surface area contributed by atoms with E-state index in [1.807, 2.05) is 60.7 Å². The Morgan fingerprint density at radius 3 is 1.92 bits per heavy atom. The maximum absolute atomic E-state index is 9.82. The molecule has 1 fully saturated rings. The van der Waals surface area contributed by atoms with Crippen molar-refractivity contribution in [2.45, 2.75) is 0 Å². The summed E-state index contributed by atoms with van der Waals surface area (Å²) in [5.41, 5.74) is -1.10. The summed E-state index contributed by atoms with van der Waals surface area (Å²) in [5.74, 6) is -0.822. The molecule has 0 aromatic heterocycles. The van der Waals surface area contributed by atoms with E-state index in [4.69, 9.17) is 0 Å². The van der Waals surface area contributed by atoms with Crippen molar-refractivity contribution < 1.29 is 0 Å². The molecule has 112 valence electrons. The van der Waals surface area contributed by atoms with Gasteiger partial charge in [0.1, 0.15) is 0 Å². The molecule has 0 spiro atoms. The molecule has 4 atom stereocenters. The maximum Gasteiger partial charge on any atom is 0.182 e. The van der Waals surface area contributed by atoms with Crippen LogP contribution in [0.4, 0.5) is 0 Å². The van der Waals surface area contributed by atoms with Gasteiger partial charge in [0.15, 0.2) is 10.8 Å². The third-order valence-electron chi connectivity index (χ3n) is 5.92. The Morgan fingerprint density at radius 1 is 0.750 bits per heavy atom. The second kappa shape index (κ2) is 4.58. The normalized spacial score (nSPS) is 32.8. The van der Waals surface area contributed by atoms with Gasteiger partial charge in [-0.15, -0.1) is 0 Å². The SMILES string of the molecule is N#CC1(C#N)[C@@H]2C=C[C@@H]3C(c4ccccc4)=C[C@@H]([C@H]32)C1(C#N)C#N. The number of rotatable bonds is 1. The minimum Gasteiger partial charge on any atom is -0.196 e. The average Bonchev–Trinajstić information content (AvgIpc) is 3.28. The third kappa shape index (κ3) is 1.31. The van der Waals surface area contributed by atoms with Crippen LogP contribution >= 0.6 is 0 Å². The Labute approximate surface area is 140 Å². The Hall–Kier alpha value is -3.34. The molecule has 1 aromatic carbocycles. The van der Waals surface area contributed by atoms with Gasteiger partial charge in [-0.05, 0) is 17.1 Å². The number of nitriles is 4. The van der Waals surface area contributed by atoms with Gasteiger partial charge in [0.05, 0.1) is 24.3 Å². The monoisotopic (exact) mass is 308 g/mol. The van der Waals surface area contributed by atoms with Crippen LogP contribution in [0, 0.1) is 79.8 Å². The van der Waals surface area contributed by atoms with Crippen LogP contribution in [-0.4, -0.2) is 0 Å². The zero-order chi connectivity index (χ0) is 16.9. The van der Waals surface area contributed by atoms with Crippen LogP contribution in [0.25, 0.3) is 5.57 Å². The van der Waals surface area contributed by atoms with Gasteiger partial charge in [-0.25, -0.2) is 0 Å². The lowest BCUT2D eigenvalue weighted by atomic mass is 9.63. The summed E-state index contributed by atoms with van der Waals surface area (Å²) in [6.07, 6.45) is 5.88. The molecule has 3 aliphatic rings. The van der Waals surface area contributed by atoms with Gasteiger partial charge in [0.25, 0.3) is 0 Å². The van der Waals surface area contributed by atoms with E-state index < -0.39 is 16.7 Å². The molecule has 0 bridgehead atoms. The molecule has 0 saturated heterocycles. The number of hydrogen-bond acceptors (Lipinski definition) is 4. The molecular formula is C20H12N4. The highest BCUT2D eigenvalue weighted by Gasteiger charge is 2.74. The van der Waals surface area contributed by atoms with Crippen molar-refractivity contribution in [2.24, 2.45) is 34.5 Å². The van der Waals surface area contributed by atoms with Gasteiger partial charge in [-0.3, -0.25) is 0 Å². The first kappa shape index (κ1) is 14.3. The van der Waals surface area contributed by atoms with E-state index in [-0.39, 0.29) is 17.8 Å². The highest BCUT2D eigenvalue weighted by atomic mass is 14.7. The topological polar surface area (TPSA) is 95.2 Å². The van der Waals surface area contributed by atoms with Crippen molar-refractivity contribution in [1.82, 2.24) is 0 Å². The van der Waals surface area contributed by atoms with Crippen molar-refractivity contribution in [2.75, 3.05) is 0 Å². The van der Waals surface area contributed by atoms with E-state index >= 15 is 0 Å². The van der Waals surface area contributed by atoms with E-state index in [9.17, 15) is 21.0 Å². The van der Waals surface area contributed by atoms with Crippen LogP contribution in [0.15, 0.2) is 48.6 Å². The number of hydrogen-bond donors (Lipinski definition) is 0. The highest BCUT2D eigenvalue weighted by Crippen LogP contribution is 2.70. The molecule has 1 aromatic rings. The summed E-state index contributed by atoms with van der Waals surface area (Å²) >= 11 is 0. The lowest BCUT2D eigenvalue weighted by Gasteiger charge is -2.28. The van der Waals surface area contributed by atoms with Gasteiger partial charge in [-0.1, -0.05) is 48.6 Å². The number of benzene rings is 1. The second-order valence-corrected chi connectivity index (χ2v) is 6.59. The van der Waals surface area contributed by atoms with E-state index in [1.54, 1.807) is 0 Å². The fraction of sp³-hybridized carbons (Fsp3) is 0.300. The Bertz CT molecular complexity index is 915. The molecule has 0 heterocycles. The van der Waals surface area contributed by atoms with Crippen LogP contribution in [-0.2, 0) is 0 Å². The predicted octanol–water partition coefficient (Wildman–Crippen LogP) is 3.20. The quantitative estimate of drug-likeness (QED) is 0.744. The van der Waals surface area contributed by atoms with E-state index in [2.05, 4.69) is 12.1 Å². The largest absolute Gasteiger partial charge is 0.196 e. The Morgan fingerprint density at radius 2 is 1.33 bits per heavy atom. The fourth-order valence-electron chi connectivity index (χ4n) is 4.89. The molecule has 3 aliphatic carbocycles. The van der Waals surface area contributed by atoms with Crippen molar-refractivity contribution >= 4 is 5.57 Å². The molecular weight excluding hydrogens is 296 g/mol. The summed E-state index contributed by atoms with van der Waals surface area (Å²) < 4.78 is 0. The first-order chi connectivity index (χ1) is 11.7. The summed E-state index contributed by atoms with van der Waals surface area (Å²) in [7, 11) is 0. The first-order valence-corrected chi connectivity index (χ1v) is 7.79. The van der Waals surface area contributed by atoms with Crippen LogP contribution in [0.5, 0.6) is 0 Å². The van der Waals surface area contributed by atoms with Crippen molar-refractivity contribution in [3.63, 3.8) is 0 Å². The zero-order valence-corrected chi connectivity index (χ0v) is 12.7. The summed E-state index contributed by atoms with van der Waals surface area (Å²) in [4.78, 5) is 0. The van der Waals surface area contributed by atoms with Crippen molar-refractivity contribution in [3.8, 4) is 24.3 Å². The minimum atomic E-state index is -1.63. The number of allylic oxidation sites excluding steroid dienone is 4. The van der Waals surface area contributed by atoms with Crippen LogP contribution in [0.2, 0.25) is 0 Å². The maximum atomic E-state index is 9.82. The summed E-state index contributed by atoms with van der Waals surface area (Å²) in [5, 5.41) is 39.1. The van der Waals surface area contributed by atoms with Crippen LogP contribution < -0.4 is 0 Å². The van der Waals surface area contributed by atoms with Gasteiger partial charge < -0.3 is 0 Å². The molecule has 0 N–H and O–H groups in total. The van der Waals surface area contributed by atoms with Gasteiger partial charge in [-0.2, -0.15) is 21.0 Å². The zero-order valence-electron chi connectivity index (χ0n) is 12.7. The van der Waals surface area contributed by atoms with Crippen molar-refractivity contribution in [1.29, 1.82) is 21.0 Å². The molecule has 24 heavy (non-hydrogen) atoms. The molecule has 1 saturated carbocycles. The minimum absolute atomic E-state index is 0.0482. The third-order valence-corrected chi connectivity index (χ3v) is 5.92.